The largest absolute Gasteiger partial charge is 0.399 e. The minimum atomic E-state index is -0.514. The van der Waals surface area contributed by atoms with Crippen molar-refractivity contribution in [1.29, 1.82) is 0 Å². The van der Waals surface area contributed by atoms with Crippen LogP contribution in [0.25, 0.3) is 0 Å². The minimum absolute atomic E-state index is 0.204. The molecule has 1 aromatic carbocycles. The lowest BCUT2D eigenvalue weighted by Crippen LogP contribution is -2.30. The van der Waals surface area contributed by atoms with Crippen LogP contribution in [0.15, 0.2) is 18.2 Å². The van der Waals surface area contributed by atoms with Gasteiger partial charge in [-0.1, -0.05) is 6.92 Å². The molecule has 0 spiro atoms. The quantitative estimate of drug-likeness (QED) is 0.765. The summed E-state index contributed by atoms with van der Waals surface area (Å²) in [4.78, 5) is 11.7. The third-order valence-electron chi connectivity index (χ3n) is 2.24. The summed E-state index contributed by atoms with van der Waals surface area (Å²) in [7, 11) is 1.60. The van der Waals surface area contributed by atoms with E-state index in [2.05, 4.69) is 5.32 Å². The third kappa shape index (κ3) is 4.40. The van der Waals surface area contributed by atoms with E-state index in [1.807, 2.05) is 6.92 Å². The lowest BCUT2D eigenvalue weighted by molar-refractivity contribution is 0.0933. The molecule has 94 valence electrons. The maximum Gasteiger partial charge on any atom is 0.251 e. The number of anilines is 1. The van der Waals surface area contributed by atoms with E-state index < -0.39 is 5.82 Å². The SMILES string of the molecule is COCC(C)CNC(=O)c1cc(N)cc(F)c1. The standard InChI is InChI=1S/C12H17FN2O2/c1-8(7-17-2)6-15-12(16)9-3-10(13)5-11(14)4-9/h3-5,8H,6-7,14H2,1-2H3,(H,15,16). The Labute approximate surface area is 100.0 Å². The second kappa shape index (κ2) is 6.20. The van der Waals surface area contributed by atoms with Gasteiger partial charge in [0.15, 0.2) is 0 Å². The molecule has 0 bridgehead atoms. The minimum Gasteiger partial charge on any atom is -0.399 e. The van der Waals surface area contributed by atoms with E-state index in [1.54, 1.807) is 7.11 Å². The summed E-state index contributed by atoms with van der Waals surface area (Å²) in [6.45, 7) is 2.98. The average Bonchev–Trinajstić information content (AvgIpc) is 2.25. The smallest absolute Gasteiger partial charge is 0.251 e. The van der Waals surface area contributed by atoms with Gasteiger partial charge in [-0.2, -0.15) is 0 Å². The molecule has 1 atom stereocenters. The second-order valence-electron chi connectivity index (χ2n) is 4.04. The lowest BCUT2D eigenvalue weighted by atomic mass is 10.1. The van der Waals surface area contributed by atoms with Crippen molar-refractivity contribution >= 4 is 11.6 Å². The molecule has 1 amide bonds. The molecule has 0 saturated carbocycles. The Morgan fingerprint density at radius 3 is 2.82 bits per heavy atom. The first-order valence-electron chi connectivity index (χ1n) is 5.36. The fraction of sp³-hybridized carbons (Fsp3) is 0.417. The van der Waals surface area contributed by atoms with E-state index in [0.717, 1.165) is 6.07 Å². The number of nitrogens with two attached hydrogens (primary N) is 1. The number of benzene rings is 1. The molecule has 0 fully saturated rings. The van der Waals surface area contributed by atoms with Crippen LogP contribution in [-0.2, 0) is 4.74 Å². The molecule has 4 nitrogen and oxygen atoms in total. The Kier molecular flexibility index (Phi) is 4.90. The number of hydrogen-bond acceptors (Lipinski definition) is 3. The van der Waals surface area contributed by atoms with Crippen molar-refractivity contribution in [3.8, 4) is 0 Å². The molecule has 1 aromatic rings. The summed E-state index contributed by atoms with van der Waals surface area (Å²) in [5.74, 6) is -0.644. The summed E-state index contributed by atoms with van der Waals surface area (Å²) in [5, 5.41) is 2.70. The Bertz CT molecular complexity index is 376. The van der Waals surface area contributed by atoms with Crippen LogP contribution in [0.5, 0.6) is 0 Å². The second-order valence-corrected chi connectivity index (χ2v) is 4.04. The van der Waals surface area contributed by atoms with Crippen molar-refractivity contribution in [3.63, 3.8) is 0 Å². The van der Waals surface area contributed by atoms with Gasteiger partial charge in [0, 0.05) is 24.9 Å². The van der Waals surface area contributed by atoms with Gasteiger partial charge in [-0.25, -0.2) is 4.39 Å². The molecule has 5 heteroatoms. The first-order valence-corrected chi connectivity index (χ1v) is 5.36. The molecule has 17 heavy (non-hydrogen) atoms. The van der Waals surface area contributed by atoms with Crippen molar-refractivity contribution < 1.29 is 13.9 Å². The monoisotopic (exact) mass is 240 g/mol. The van der Waals surface area contributed by atoms with Gasteiger partial charge in [-0.05, 0) is 24.1 Å². The van der Waals surface area contributed by atoms with Crippen molar-refractivity contribution in [2.75, 3.05) is 26.0 Å². The van der Waals surface area contributed by atoms with Gasteiger partial charge in [0.05, 0.1) is 6.61 Å². The maximum atomic E-state index is 13.0. The third-order valence-corrected chi connectivity index (χ3v) is 2.24. The van der Waals surface area contributed by atoms with Gasteiger partial charge in [-0.3, -0.25) is 4.79 Å². The summed E-state index contributed by atoms with van der Waals surface area (Å²) in [6, 6.07) is 3.77. The number of carbonyl (C=O) groups is 1. The lowest BCUT2D eigenvalue weighted by Gasteiger charge is -2.11. The van der Waals surface area contributed by atoms with E-state index in [4.69, 9.17) is 10.5 Å². The van der Waals surface area contributed by atoms with Gasteiger partial charge in [0.25, 0.3) is 5.91 Å². The number of methoxy groups -OCH3 is 1. The fourth-order valence-electron chi connectivity index (χ4n) is 1.46. The molecule has 0 aliphatic carbocycles. The Balaban J connectivity index is 2.58. The first-order chi connectivity index (χ1) is 8.02. The number of amides is 1. The predicted molar refractivity (Wildman–Crippen MR) is 64.2 cm³/mol. The van der Waals surface area contributed by atoms with E-state index in [9.17, 15) is 9.18 Å². The zero-order valence-electron chi connectivity index (χ0n) is 10.00. The molecule has 1 rings (SSSR count). The Morgan fingerprint density at radius 1 is 1.53 bits per heavy atom. The highest BCUT2D eigenvalue weighted by atomic mass is 19.1. The van der Waals surface area contributed by atoms with E-state index in [1.165, 1.54) is 12.1 Å². The fourth-order valence-corrected chi connectivity index (χ4v) is 1.46. The summed E-state index contributed by atoms with van der Waals surface area (Å²) >= 11 is 0. The van der Waals surface area contributed by atoms with Crippen LogP contribution >= 0.6 is 0 Å². The van der Waals surface area contributed by atoms with Crippen LogP contribution in [-0.4, -0.2) is 26.2 Å². The number of hydrogen-bond donors (Lipinski definition) is 2. The molecule has 0 saturated heterocycles. The number of nitrogen functional groups attached to an aromatic ring is 1. The van der Waals surface area contributed by atoms with Gasteiger partial charge in [0.2, 0.25) is 0 Å². The van der Waals surface area contributed by atoms with Crippen molar-refractivity contribution in [3.05, 3.63) is 29.6 Å². The van der Waals surface area contributed by atoms with Crippen LogP contribution in [0, 0.1) is 11.7 Å². The molecule has 1 unspecified atom stereocenters. The van der Waals surface area contributed by atoms with Crippen molar-refractivity contribution in [1.82, 2.24) is 5.32 Å². The van der Waals surface area contributed by atoms with Gasteiger partial charge in [0.1, 0.15) is 5.82 Å². The highest BCUT2D eigenvalue weighted by Gasteiger charge is 2.09. The van der Waals surface area contributed by atoms with Gasteiger partial charge in [-0.15, -0.1) is 0 Å². The zero-order valence-corrected chi connectivity index (χ0v) is 10.00. The Hall–Kier alpha value is -1.62. The molecule has 0 aliphatic heterocycles. The van der Waals surface area contributed by atoms with Crippen LogP contribution < -0.4 is 11.1 Å². The molecular formula is C12H17FN2O2. The van der Waals surface area contributed by atoms with Gasteiger partial charge < -0.3 is 15.8 Å². The number of nitrogens with one attached hydrogen (secondary N) is 1. The number of ether oxygens (including phenoxy) is 1. The number of halogens is 1. The van der Waals surface area contributed by atoms with Crippen LogP contribution in [0.3, 0.4) is 0 Å². The highest BCUT2D eigenvalue weighted by Crippen LogP contribution is 2.10. The number of rotatable bonds is 5. The molecule has 3 N–H and O–H groups in total. The van der Waals surface area contributed by atoms with Crippen LogP contribution in [0.1, 0.15) is 17.3 Å². The summed E-state index contributed by atoms with van der Waals surface area (Å²) < 4.78 is 18.0. The van der Waals surface area contributed by atoms with E-state index in [-0.39, 0.29) is 23.1 Å². The zero-order chi connectivity index (χ0) is 12.8. The van der Waals surface area contributed by atoms with E-state index in [0.29, 0.717) is 13.2 Å². The van der Waals surface area contributed by atoms with Gasteiger partial charge >= 0.3 is 0 Å². The first kappa shape index (κ1) is 13.4. The molecule has 0 heterocycles. The van der Waals surface area contributed by atoms with Crippen LogP contribution in [0.2, 0.25) is 0 Å². The predicted octanol–water partition coefficient (Wildman–Crippen LogP) is 1.42. The Morgan fingerprint density at radius 2 is 2.24 bits per heavy atom. The number of carbonyl (C=O) groups excluding carboxylic acids is 1. The van der Waals surface area contributed by atoms with Crippen LogP contribution in [0.4, 0.5) is 10.1 Å². The molecular weight excluding hydrogens is 223 g/mol. The normalized spacial score (nSPS) is 12.2. The summed E-state index contributed by atoms with van der Waals surface area (Å²) in [5.41, 5.74) is 5.93. The maximum absolute atomic E-state index is 13.0. The van der Waals surface area contributed by atoms with Crippen molar-refractivity contribution in [2.45, 2.75) is 6.92 Å². The van der Waals surface area contributed by atoms with Crippen molar-refractivity contribution in [2.24, 2.45) is 5.92 Å². The molecule has 0 radical (unpaired) electrons. The van der Waals surface area contributed by atoms with E-state index >= 15 is 0 Å². The molecule has 0 aromatic heterocycles. The molecule has 0 aliphatic rings. The topological polar surface area (TPSA) is 64.3 Å². The summed E-state index contributed by atoms with van der Waals surface area (Å²) in [6.07, 6.45) is 0. The average molecular weight is 240 g/mol. The highest BCUT2D eigenvalue weighted by molar-refractivity contribution is 5.95.